The topological polar surface area (TPSA) is 45.2 Å². The van der Waals surface area contributed by atoms with Crippen LogP contribution in [0.25, 0.3) is 0 Å². The summed E-state index contributed by atoms with van der Waals surface area (Å²) >= 11 is 0. The Kier molecular flexibility index (Phi) is 3.61. The summed E-state index contributed by atoms with van der Waals surface area (Å²) in [4.78, 5) is 18.5. The molecule has 1 atom stereocenters. The Morgan fingerprint density at radius 1 is 1.65 bits per heavy atom. The summed E-state index contributed by atoms with van der Waals surface area (Å²) in [7, 11) is 1.81. The maximum atomic E-state index is 12.4. The van der Waals surface area contributed by atoms with E-state index in [9.17, 15) is 4.79 Å². The molecule has 92 valence electrons. The normalized spacial score (nSPS) is 19.4. The summed E-state index contributed by atoms with van der Waals surface area (Å²) in [6, 6.07) is 4.01. The van der Waals surface area contributed by atoms with Crippen LogP contribution in [0.15, 0.2) is 18.3 Å². The number of nitrogens with zero attached hydrogens (tertiary/aromatic N) is 2. The van der Waals surface area contributed by atoms with Crippen LogP contribution in [-0.4, -0.2) is 35.4 Å². The third-order valence-electron chi connectivity index (χ3n) is 3.37. The van der Waals surface area contributed by atoms with E-state index in [2.05, 4.69) is 17.2 Å². The fourth-order valence-corrected chi connectivity index (χ4v) is 2.39. The highest BCUT2D eigenvalue weighted by atomic mass is 16.2. The van der Waals surface area contributed by atoms with Crippen molar-refractivity contribution in [2.24, 2.45) is 0 Å². The summed E-state index contributed by atoms with van der Waals surface area (Å²) in [5.41, 5.74) is 0.727. The van der Waals surface area contributed by atoms with E-state index in [0.717, 1.165) is 37.2 Å². The highest BCUT2D eigenvalue weighted by Crippen LogP contribution is 2.22. The van der Waals surface area contributed by atoms with Crippen LogP contribution in [0, 0.1) is 0 Å². The summed E-state index contributed by atoms with van der Waals surface area (Å²) in [5.74, 6) is 0.872. The van der Waals surface area contributed by atoms with Crippen molar-refractivity contribution in [3.05, 3.63) is 23.9 Å². The van der Waals surface area contributed by atoms with Gasteiger partial charge in [-0.3, -0.25) is 4.79 Å². The molecule has 17 heavy (non-hydrogen) atoms. The van der Waals surface area contributed by atoms with Gasteiger partial charge in [0.1, 0.15) is 5.82 Å². The second-order valence-corrected chi connectivity index (χ2v) is 4.38. The first-order chi connectivity index (χ1) is 8.26. The fraction of sp³-hybridized carbons (Fsp3) is 0.538. The first-order valence-electron chi connectivity index (χ1n) is 6.21. The lowest BCUT2D eigenvalue weighted by Crippen LogP contribution is -2.35. The number of nitrogens with one attached hydrogen (secondary N) is 1. The van der Waals surface area contributed by atoms with Crippen molar-refractivity contribution >= 4 is 11.7 Å². The Hall–Kier alpha value is -1.58. The number of anilines is 1. The smallest absolute Gasteiger partial charge is 0.254 e. The van der Waals surface area contributed by atoms with Gasteiger partial charge in [-0.05, 0) is 31.4 Å². The van der Waals surface area contributed by atoms with Gasteiger partial charge in [-0.15, -0.1) is 0 Å². The van der Waals surface area contributed by atoms with Gasteiger partial charge in [-0.1, -0.05) is 6.92 Å². The van der Waals surface area contributed by atoms with E-state index in [-0.39, 0.29) is 5.91 Å². The molecule has 2 heterocycles. The molecule has 1 N–H and O–H groups in total. The monoisotopic (exact) mass is 233 g/mol. The third kappa shape index (κ3) is 2.40. The summed E-state index contributed by atoms with van der Waals surface area (Å²) < 4.78 is 0. The molecule has 1 aliphatic rings. The number of amides is 1. The molecule has 1 aliphatic heterocycles. The van der Waals surface area contributed by atoms with Gasteiger partial charge in [0.15, 0.2) is 0 Å². The van der Waals surface area contributed by atoms with Crippen LogP contribution in [0.2, 0.25) is 0 Å². The number of likely N-dealkylation sites (tertiary alicyclic amines) is 1. The SMILES string of the molecule is CCC1CCCN1C(=O)c1ccnc(NC)c1. The Morgan fingerprint density at radius 3 is 3.18 bits per heavy atom. The zero-order valence-electron chi connectivity index (χ0n) is 10.4. The van der Waals surface area contributed by atoms with E-state index < -0.39 is 0 Å². The molecule has 0 aromatic carbocycles. The summed E-state index contributed by atoms with van der Waals surface area (Å²) in [6.07, 6.45) is 4.96. The molecule has 4 nitrogen and oxygen atoms in total. The summed E-state index contributed by atoms with van der Waals surface area (Å²) in [6.45, 7) is 3.02. The highest BCUT2D eigenvalue weighted by molar-refractivity contribution is 5.95. The molecule has 4 heteroatoms. The van der Waals surface area contributed by atoms with Crippen LogP contribution >= 0.6 is 0 Å². The lowest BCUT2D eigenvalue weighted by Gasteiger charge is -2.23. The van der Waals surface area contributed by atoms with Crippen molar-refractivity contribution in [1.29, 1.82) is 0 Å². The number of aromatic nitrogens is 1. The van der Waals surface area contributed by atoms with Crippen LogP contribution in [0.3, 0.4) is 0 Å². The molecular weight excluding hydrogens is 214 g/mol. The molecule has 0 radical (unpaired) electrons. The van der Waals surface area contributed by atoms with Gasteiger partial charge in [-0.25, -0.2) is 4.98 Å². The standard InChI is InChI=1S/C13H19N3O/c1-3-11-5-4-8-16(11)13(17)10-6-7-15-12(9-10)14-2/h6-7,9,11H,3-5,8H2,1-2H3,(H,14,15). The Balaban J connectivity index is 2.18. The first-order valence-corrected chi connectivity index (χ1v) is 6.21. The van der Waals surface area contributed by atoms with Gasteiger partial charge in [0, 0.05) is 31.4 Å². The van der Waals surface area contributed by atoms with Gasteiger partial charge in [0.2, 0.25) is 0 Å². The van der Waals surface area contributed by atoms with E-state index >= 15 is 0 Å². The molecule has 0 bridgehead atoms. The second-order valence-electron chi connectivity index (χ2n) is 4.38. The van der Waals surface area contributed by atoms with E-state index in [1.165, 1.54) is 0 Å². The minimum absolute atomic E-state index is 0.133. The fourth-order valence-electron chi connectivity index (χ4n) is 2.39. The molecule has 1 fully saturated rings. The minimum atomic E-state index is 0.133. The van der Waals surface area contributed by atoms with Crippen molar-refractivity contribution in [3.63, 3.8) is 0 Å². The van der Waals surface area contributed by atoms with E-state index in [0.29, 0.717) is 6.04 Å². The van der Waals surface area contributed by atoms with Crippen molar-refractivity contribution < 1.29 is 4.79 Å². The number of rotatable bonds is 3. The molecular formula is C13H19N3O. The molecule has 1 unspecified atom stereocenters. The van der Waals surface area contributed by atoms with E-state index in [1.807, 2.05) is 11.0 Å². The Bertz CT molecular complexity index is 405. The molecule has 0 aliphatic carbocycles. The number of hydrogen-bond acceptors (Lipinski definition) is 3. The number of carbonyl (C=O) groups is 1. The van der Waals surface area contributed by atoms with Crippen molar-refractivity contribution in [1.82, 2.24) is 9.88 Å². The maximum absolute atomic E-state index is 12.4. The predicted molar refractivity (Wildman–Crippen MR) is 68.1 cm³/mol. The lowest BCUT2D eigenvalue weighted by atomic mass is 10.1. The minimum Gasteiger partial charge on any atom is -0.373 e. The molecule has 1 aromatic heterocycles. The number of hydrogen-bond donors (Lipinski definition) is 1. The van der Waals surface area contributed by atoms with Gasteiger partial charge in [0.05, 0.1) is 0 Å². The van der Waals surface area contributed by atoms with Crippen LogP contribution in [0.4, 0.5) is 5.82 Å². The first kappa shape index (κ1) is 11.9. The van der Waals surface area contributed by atoms with Crippen molar-refractivity contribution in [2.45, 2.75) is 32.2 Å². The zero-order valence-corrected chi connectivity index (χ0v) is 10.4. The average molecular weight is 233 g/mol. The third-order valence-corrected chi connectivity index (χ3v) is 3.37. The molecule has 1 aromatic rings. The van der Waals surface area contributed by atoms with Gasteiger partial charge in [-0.2, -0.15) is 0 Å². The Labute approximate surface area is 102 Å². The average Bonchev–Trinajstić information content (AvgIpc) is 2.86. The lowest BCUT2D eigenvalue weighted by molar-refractivity contribution is 0.0733. The molecule has 0 spiro atoms. The molecule has 1 saturated heterocycles. The van der Waals surface area contributed by atoms with Crippen LogP contribution in [-0.2, 0) is 0 Å². The zero-order chi connectivity index (χ0) is 12.3. The van der Waals surface area contributed by atoms with Crippen molar-refractivity contribution in [2.75, 3.05) is 18.9 Å². The van der Waals surface area contributed by atoms with E-state index in [1.54, 1.807) is 19.3 Å². The van der Waals surface area contributed by atoms with Gasteiger partial charge >= 0.3 is 0 Å². The van der Waals surface area contributed by atoms with Gasteiger partial charge < -0.3 is 10.2 Å². The van der Waals surface area contributed by atoms with Crippen LogP contribution in [0.5, 0.6) is 0 Å². The van der Waals surface area contributed by atoms with Crippen LogP contribution in [0.1, 0.15) is 36.5 Å². The van der Waals surface area contributed by atoms with Crippen LogP contribution < -0.4 is 5.32 Å². The highest BCUT2D eigenvalue weighted by Gasteiger charge is 2.27. The van der Waals surface area contributed by atoms with Crippen molar-refractivity contribution in [3.8, 4) is 0 Å². The number of carbonyl (C=O) groups excluding carboxylic acids is 1. The summed E-state index contributed by atoms with van der Waals surface area (Å²) in [5, 5.41) is 2.96. The molecule has 2 rings (SSSR count). The quantitative estimate of drug-likeness (QED) is 0.870. The predicted octanol–water partition coefficient (Wildman–Crippen LogP) is 2.14. The second kappa shape index (κ2) is 5.17. The molecule has 1 amide bonds. The van der Waals surface area contributed by atoms with E-state index in [4.69, 9.17) is 0 Å². The largest absolute Gasteiger partial charge is 0.373 e. The number of pyridine rings is 1. The molecule has 0 saturated carbocycles. The van der Waals surface area contributed by atoms with Gasteiger partial charge in [0.25, 0.3) is 5.91 Å². The Morgan fingerprint density at radius 2 is 2.47 bits per heavy atom. The maximum Gasteiger partial charge on any atom is 0.254 e.